The predicted octanol–water partition coefficient (Wildman–Crippen LogP) is 4.78. The lowest BCUT2D eigenvalue weighted by Gasteiger charge is -2.01. The Kier molecular flexibility index (Phi) is 2.22. The molecule has 0 radical (unpaired) electrons. The summed E-state index contributed by atoms with van der Waals surface area (Å²) in [4.78, 5) is 0. The molecule has 0 unspecified atom stereocenters. The molecule has 0 N–H and O–H groups in total. The molecule has 0 bridgehead atoms. The molecule has 0 fully saturated rings. The van der Waals surface area contributed by atoms with Gasteiger partial charge < -0.3 is 0 Å². The minimum Gasteiger partial charge on any atom is -0.0570 e. The maximum atomic E-state index is 3.52. The van der Waals surface area contributed by atoms with E-state index in [9.17, 15) is 0 Å². The Balaban J connectivity index is 2.26. The zero-order chi connectivity index (χ0) is 10.4. The van der Waals surface area contributed by atoms with E-state index in [0.29, 0.717) is 0 Å². The molecule has 0 saturated carbocycles. The lowest BCUT2D eigenvalue weighted by Crippen LogP contribution is -1.79. The Labute approximate surface area is 106 Å². The van der Waals surface area contributed by atoms with Crippen molar-refractivity contribution >= 4 is 31.9 Å². The third kappa shape index (κ3) is 1.56. The first-order valence-electron chi connectivity index (χ1n) is 4.81. The van der Waals surface area contributed by atoms with Gasteiger partial charge in [0.25, 0.3) is 0 Å². The van der Waals surface area contributed by atoms with Crippen LogP contribution in [0.1, 0.15) is 11.1 Å². The van der Waals surface area contributed by atoms with Crippen molar-refractivity contribution in [3.8, 4) is 11.1 Å². The third-order valence-corrected chi connectivity index (χ3v) is 3.80. The van der Waals surface area contributed by atoms with E-state index in [2.05, 4.69) is 68.3 Å². The van der Waals surface area contributed by atoms with Crippen LogP contribution in [0.2, 0.25) is 0 Å². The van der Waals surface area contributed by atoms with Crippen molar-refractivity contribution in [2.24, 2.45) is 0 Å². The molecular weight excluding hydrogens is 316 g/mol. The van der Waals surface area contributed by atoms with Crippen molar-refractivity contribution in [1.82, 2.24) is 0 Å². The minimum absolute atomic E-state index is 1.05. The highest BCUT2D eigenvalue weighted by atomic mass is 79.9. The summed E-state index contributed by atoms with van der Waals surface area (Å²) in [7, 11) is 0. The van der Waals surface area contributed by atoms with Gasteiger partial charge in [0, 0.05) is 8.95 Å². The monoisotopic (exact) mass is 322 g/mol. The molecule has 0 spiro atoms. The molecule has 2 aromatic carbocycles. The van der Waals surface area contributed by atoms with Crippen LogP contribution in [0, 0.1) is 0 Å². The average molecular weight is 324 g/mol. The molecule has 0 amide bonds. The number of hydrogen-bond acceptors (Lipinski definition) is 0. The highest BCUT2D eigenvalue weighted by Crippen LogP contribution is 2.38. The maximum Gasteiger partial charge on any atom is 0.0181 e. The molecule has 2 aromatic rings. The second kappa shape index (κ2) is 3.46. The first-order chi connectivity index (χ1) is 7.24. The molecule has 2 heteroatoms. The Morgan fingerprint density at radius 2 is 1.47 bits per heavy atom. The summed E-state index contributed by atoms with van der Waals surface area (Å²) in [5.41, 5.74) is 5.57. The predicted molar refractivity (Wildman–Crippen MR) is 70.1 cm³/mol. The Morgan fingerprint density at radius 3 is 2.33 bits per heavy atom. The molecule has 74 valence electrons. The van der Waals surface area contributed by atoms with E-state index in [4.69, 9.17) is 0 Å². The lowest BCUT2D eigenvalue weighted by atomic mass is 10.1. The van der Waals surface area contributed by atoms with Gasteiger partial charge in [-0.25, -0.2) is 0 Å². The highest BCUT2D eigenvalue weighted by Gasteiger charge is 2.18. The van der Waals surface area contributed by atoms with E-state index in [-0.39, 0.29) is 0 Å². The van der Waals surface area contributed by atoms with Gasteiger partial charge in [0.15, 0.2) is 0 Å². The fraction of sp³-hybridized carbons (Fsp3) is 0.0769. The van der Waals surface area contributed by atoms with Gasteiger partial charge in [-0.2, -0.15) is 0 Å². The molecule has 3 rings (SSSR count). The Bertz CT molecular complexity index is 544. The van der Waals surface area contributed by atoms with Crippen molar-refractivity contribution in [3.63, 3.8) is 0 Å². The quantitative estimate of drug-likeness (QED) is 0.558. The minimum atomic E-state index is 1.05. The maximum absolute atomic E-state index is 3.52. The van der Waals surface area contributed by atoms with Gasteiger partial charge in [-0.1, -0.05) is 44.0 Å². The molecular formula is C13H8Br2. The summed E-state index contributed by atoms with van der Waals surface area (Å²) < 4.78 is 2.31. The van der Waals surface area contributed by atoms with Gasteiger partial charge in [-0.15, -0.1) is 0 Å². The third-order valence-electron chi connectivity index (χ3n) is 2.81. The van der Waals surface area contributed by atoms with Crippen molar-refractivity contribution in [2.75, 3.05) is 0 Å². The normalized spacial score (nSPS) is 12.4. The second-order valence-corrected chi connectivity index (χ2v) is 5.61. The fourth-order valence-electron chi connectivity index (χ4n) is 2.13. The van der Waals surface area contributed by atoms with Crippen LogP contribution < -0.4 is 0 Å². The van der Waals surface area contributed by atoms with E-state index in [1.807, 2.05) is 0 Å². The first-order valence-corrected chi connectivity index (χ1v) is 6.40. The summed E-state index contributed by atoms with van der Waals surface area (Å²) in [6.07, 6.45) is 1.05. The van der Waals surface area contributed by atoms with Gasteiger partial charge >= 0.3 is 0 Å². The fourth-order valence-corrected chi connectivity index (χ4v) is 2.90. The molecule has 1 aliphatic rings. The first kappa shape index (κ1) is 9.61. The zero-order valence-electron chi connectivity index (χ0n) is 7.93. The van der Waals surface area contributed by atoms with Crippen molar-refractivity contribution in [1.29, 1.82) is 0 Å². The van der Waals surface area contributed by atoms with Crippen LogP contribution in [-0.2, 0) is 6.42 Å². The zero-order valence-corrected chi connectivity index (χ0v) is 11.1. The summed E-state index contributed by atoms with van der Waals surface area (Å²) in [5.74, 6) is 0. The van der Waals surface area contributed by atoms with Gasteiger partial charge in [-0.05, 0) is 52.9 Å². The van der Waals surface area contributed by atoms with Gasteiger partial charge in [0.2, 0.25) is 0 Å². The lowest BCUT2D eigenvalue weighted by molar-refractivity contribution is 1.26. The molecule has 0 heterocycles. The van der Waals surface area contributed by atoms with Crippen LogP contribution >= 0.6 is 31.9 Å². The van der Waals surface area contributed by atoms with Gasteiger partial charge in [-0.3, -0.25) is 0 Å². The largest absolute Gasteiger partial charge is 0.0570 e. The van der Waals surface area contributed by atoms with E-state index >= 15 is 0 Å². The van der Waals surface area contributed by atoms with E-state index in [1.165, 1.54) is 22.3 Å². The van der Waals surface area contributed by atoms with Crippen LogP contribution in [0.15, 0.2) is 45.3 Å². The standard InChI is InChI=1S/C13H8Br2/c14-10-3-4-12-9(6-10)5-8-1-2-11(15)7-13(8)12/h1-4,6-7H,5H2. The Hall–Kier alpha value is -0.600. The van der Waals surface area contributed by atoms with Crippen molar-refractivity contribution < 1.29 is 0 Å². The molecule has 0 atom stereocenters. The number of fused-ring (bicyclic) bond motifs is 3. The van der Waals surface area contributed by atoms with E-state index in [0.717, 1.165) is 15.4 Å². The van der Waals surface area contributed by atoms with Gasteiger partial charge in [0.1, 0.15) is 0 Å². The molecule has 0 aliphatic heterocycles. The molecule has 0 aromatic heterocycles. The summed E-state index contributed by atoms with van der Waals surface area (Å²) in [6, 6.07) is 13.0. The SMILES string of the molecule is Brc1ccc2c(c1)Cc1ccc(Br)cc1-2. The van der Waals surface area contributed by atoms with Crippen LogP contribution in [0.3, 0.4) is 0 Å². The smallest absolute Gasteiger partial charge is 0.0181 e. The summed E-state index contributed by atoms with van der Waals surface area (Å²) in [6.45, 7) is 0. The number of hydrogen-bond donors (Lipinski definition) is 0. The van der Waals surface area contributed by atoms with E-state index < -0.39 is 0 Å². The molecule has 1 aliphatic carbocycles. The topological polar surface area (TPSA) is 0 Å². The number of halogens is 2. The summed E-state index contributed by atoms with van der Waals surface area (Å²) in [5, 5.41) is 0. The Morgan fingerprint density at radius 1 is 0.733 bits per heavy atom. The van der Waals surface area contributed by atoms with Gasteiger partial charge in [0.05, 0.1) is 0 Å². The molecule has 15 heavy (non-hydrogen) atoms. The van der Waals surface area contributed by atoms with Crippen molar-refractivity contribution in [2.45, 2.75) is 6.42 Å². The van der Waals surface area contributed by atoms with E-state index in [1.54, 1.807) is 0 Å². The van der Waals surface area contributed by atoms with Crippen LogP contribution in [0.5, 0.6) is 0 Å². The van der Waals surface area contributed by atoms with Crippen LogP contribution in [-0.4, -0.2) is 0 Å². The average Bonchev–Trinajstić information content (AvgIpc) is 2.54. The second-order valence-electron chi connectivity index (χ2n) is 3.78. The molecule has 0 saturated heterocycles. The molecule has 0 nitrogen and oxygen atoms in total. The highest BCUT2D eigenvalue weighted by molar-refractivity contribution is 9.10. The summed E-state index contributed by atoms with van der Waals surface area (Å²) >= 11 is 7.04. The van der Waals surface area contributed by atoms with Crippen molar-refractivity contribution in [3.05, 3.63) is 56.5 Å². The van der Waals surface area contributed by atoms with Crippen LogP contribution in [0.25, 0.3) is 11.1 Å². The number of rotatable bonds is 0. The van der Waals surface area contributed by atoms with Crippen LogP contribution in [0.4, 0.5) is 0 Å². The number of benzene rings is 2.